The van der Waals surface area contributed by atoms with Gasteiger partial charge in [0.25, 0.3) is 0 Å². The molecule has 3 aromatic rings. The van der Waals surface area contributed by atoms with E-state index in [0.717, 1.165) is 29.8 Å². The Hall–Kier alpha value is -2.13. The second-order valence-corrected chi connectivity index (χ2v) is 6.46. The lowest BCUT2D eigenvalue weighted by Gasteiger charge is -2.14. The van der Waals surface area contributed by atoms with E-state index in [4.69, 9.17) is 10.7 Å². The summed E-state index contributed by atoms with van der Waals surface area (Å²) in [6.45, 7) is 7.35. The average molecular weight is 307 g/mol. The standard InChI is InChI=1S/C20H25N3/c1-4-17(21)20-22-18-7-5-6-8-19(18)23(20)13-15-9-11-16(12-10-15)14(2)3/h5-12,14,17H,4,13,21H2,1-3H3. The van der Waals surface area contributed by atoms with Crippen molar-refractivity contribution >= 4 is 11.0 Å². The van der Waals surface area contributed by atoms with E-state index in [2.05, 4.69) is 67.8 Å². The minimum Gasteiger partial charge on any atom is -0.322 e. The van der Waals surface area contributed by atoms with Crippen molar-refractivity contribution in [1.29, 1.82) is 0 Å². The van der Waals surface area contributed by atoms with E-state index in [-0.39, 0.29) is 6.04 Å². The van der Waals surface area contributed by atoms with Gasteiger partial charge in [-0.15, -0.1) is 0 Å². The Morgan fingerprint density at radius 2 is 1.74 bits per heavy atom. The van der Waals surface area contributed by atoms with Gasteiger partial charge in [0.1, 0.15) is 5.82 Å². The fourth-order valence-corrected chi connectivity index (χ4v) is 2.92. The van der Waals surface area contributed by atoms with Gasteiger partial charge >= 0.3 is 0 Å². The highest BCUT2D eigenvalue weighted by Gasteiger charge is 2.15. The Labute approximate surface area is 138 Å². The molecular weight excluding hydrogens is 282 g/mol. The van der Waals surface area contributed by atoms with Gasteiger partial charge in [0.05, 0.1) is 17.1 Å². The first kappa shape index (κ1) is 15.8. The molecule has 23 heavy (non-hydrogen) atoms. The summed E-state index contributed by atoms with van der Waals surface area (Å²) in [5.41, 5.74) is 11.1. The number of aromatic nitrogens is 2. The van der Waals surface area contributed by atoms with Crippen LogP contribution in [0, 0.1) is 0 Å². The number of hydrogen-bond acceptors (Lipinski definition) is 2. The fraction of sp³-hybridized carbons (Fsp3) is 0.350. The Bertz CT molecular complexity index is 784. The van der Waals surface area contributed by atoms with Crippen LogP contribution in [0.1, 0.15) is 56.1 Å². The number of benzene rings is 2. The molecule has 0 radical (unpaired) electrons. The third-order valence-electron chi connectivity index (χ3n) is 4.44. The zero-order valence-corrected chi connectivity index (χ0v) is 14.2. The predicted molar refractivity (Wildman–Crippen MR) is 96.6 cm³/mol. The van der Waals surface area contributed by atoms with Gasteiger partial charge in [-0.1, -0.05) is 57.2 Å². The first-order valence-corrected chi connectivity index (χ1v) is 8.39. The van der Waals surface area contributed by atoms with Gasteiger partial charge < -0.3 is 10.3 Å². The van der Waals surface area contributed by atoms with Crippen LogP contribution in [-0.2, 0) is 6.54 Å². The van der Waals surface area contributed by atoms with Crippen LogP contribution in [0.3, 0.4) is 0 Å². The summed E-state index contributed by atoms with van der Waals surface area (Å²) in [7, 11) is 0. The van der Waals surface area contributed by atoms with Crippen molar-refractivity contribution in [3.8, 4) is 0 Å². The summed E-state index contributed by atoms with van der Waals surface area (Å²) in [5.74, 6) is 1.53. The number of para-hydroxylation sites is 2. The normalized spacial score (nSPS) is 12.9. The monoisotopic (exact) mass is 307 g/mol. The molecule has 0 aliphatic rings. The Balaban J connectivity index is 2.00. The second-order valence-electron chi connectivity index (χ2n) is 6.46. The maximum absolute atomic E-state index is 6.29. The molecule has 120 valence electrons. The average Bonchev–Trinajstić information content (AvgIpc) is 2.93. The summed E-state index contributed by atoms with van der Waals surface area (Å²) in [4.78, 5) is 4.76. The quantitative estimate of drug-likeness (QED) is 0.747. The lowest BCUT2D eigenvalue weighted by Crippen LogP contribution is -2.16. The molecule has 3 nitrogen and oxygen atoms in total. The van der Waals surface area contributed by atoms with Crippen molar-refractivity contribution in [1.82, 2.24) is 9.55 Å². The largest absolute Gasteiger partial charge is 0.322 e. The number of fused-ring (bicyclic) bond motifs is 1. The molecule has 0 aliphatic carbocycles. The lowest BCUT2D eigenvalue weighted by atomic mass is 10.0. The van der Waals surface area contributed by atoms with Gasteiger partial charge in [-0.3, -0.25) is 0 Å². The number of rotatable bonds is 5. The highest BCUT2D eigenvalue weighted by atomic mass is 15.1. The van der Waals surface area contributed by atoms with Gasteiger partial charge in [0.2, 0.25) is 0 Å². The molecule has 2 aromatic carbocycles. The molecule has 0 aliphatic heterocycles. The van der Waals surface area contributed by atoms with Crippen LogP contribution in [0.4, 0.5) is 0 Å². The maximum atomic E-state index is 6.29. The van der Waals surface area contributed by atoms with Gasteiger partial charge in [-0.25, -0.2) is 4.98 Å². The van der Waals surface area contributed by atoms with E-state index in [1.165, 1.54) is 11.1 Å². The molecule has 0 spiro atoms. The summed E-state index contributed by atoms with van der Waals surface area (Å²) in [5, 5.41) is 0. The molecule has 0 amide bonds. The zero-order chi connectivity index (χ0) is 16.4. The van der Waals surface area contributed by atoms with Crippen LogP contribution in [0.15, 0.2) is 48.5 Å². The minimum absolute atomic E-state index is 0.0302. The van der Waals surface area contributed by atoms with Crippen molar-refractivity contribution < 1.29 is 0 Å². The highest BCUT2D eigenvalue weighted by Crippen LogP contribution is 2.23. The number of imidazole rings is 1. The first-order chi connectivity index (χ1) is 11.1. The molecule has 1 atom stereocenters. The van der Waals surface area contributed by atoms with Crippen LogP contribution < -0.4 is 5.73 Å². The molecule has 0 saturated heterocycles. The molecule has 2 N–H and O–H groups in total. The van der Waals surface area contributed by atoms with Crippen LogP contribution >= 0.6 is 0 Å². The molecule has 1 aromatic heterocycles. The van der Waals surface area contributed by atoms with E-state index >= 15 is 0 Å². The van der Waals surface area contributed by atoms with Gasteiger partial charge in [0, 0.05) is 6.54 Å². The summed E-state index contributed by atoms with van der Waals surface area (Å²) >= 11 is 0. The molecule has 1 unspecified atom stereocenters. The van der Waals surface area contributed by atoms with E-state index in [1.54, 1.807) is 0 Å². The van der Waals surface area contributed by atoms with Gasteiger partial charge in [0.15, 0.2) is 0 Å². The summed E-state index contributed by atoms with van der Waals surface area (Å²) < 4.78 is 2.26. The molecular formula is C20H25N3. The van der Waals surface area contributed by atoms with Crippen molar-refractivity contribution in [3.05, 3.63) is 65.5 Å². The van der Waals surface area contributed by atoms with E-state index in [9.17, 15) is 0 Å². The maximum Gasteiger partial charge on any atom is 0.127 e. The van der Waals surface area contributed by atoms with Gasteiger partial charge in [-0.05, 0) is 35.6 Å². The van der Waals surface area contributed by atoms with Crippen molar-refractivity contribution in [2.75, 3.05) is 0 Å². The third-order valence-corrected chi connectivity index (χ3v) is 4.44. The fourth-order valence-electron chi connectivity index (χ4n) is 2.92. The van der Waals surface area contributed by atoms with E-state index in [1.807, 2.05) is 6.07 Å². The van der Waals surface area contributed by atoms with Crippen molar-refractivity contribution in [2.45, 2.75) is 45.7 Å². The lowest BCUT2D eigenvalue weighted by molar-refractivity contribution is 0.605. The predicted octanol–water partition coefficient (Wildman–Crippen LogP) is 4.62. The molecule has 0 saturated carbocycles. The smallest absolute Gasteiger partial charge is 0.127 e. The van der Waals surface area contributed by atoms with Crippen molar-refractivity contribution in [3.63, 3.8) is 0 Å². The number of nitrogens with two attached hydrogens (primary N) is 1. The van der Waals surface area contributed by atoms with E-state index < -0.39 is 0 Å². The molecule has 0 fully saturated rings. The SMILES string of the molecule is CCC(N)c1nc2ccccc2n1Cc1ccc(C(C)C)cc1. The second kappa shape index (κ2) is 6.55. The van der Waals surface area contributed by atoms with Crippen LogP contribution in [0.2, 0.25) is 0 Å². The molecule has 3 rings (SSSR count). The zero-order valence-electron chi connectivity index (χ0n) is 14.2. The molecule has 1 heterocycles. The van der Waals surface area contributed by atoms with E-state index in [0.29, 0.717) is 5.92 Å². The van der Waals surface area contributed by atoms with Gasteiger partial charge in [-0.2, -0.15) is 0 Å². The van der Waals surface area contributed by atoms with Crippen LogP contribution in [0.5, 0.6) is 0 Å². The molecule has 3 heteroatoms. The van der Waals surface area contributed by atoms with Crippen molar-refractivity contribution in [2.24, 2.45) is 5.73 Å². The third kappa shape index (κ3) is 3.15. The summed E-state index contributed by atoms with van der Waals surface area (Å²) in [6.07, 6.45) is 0.885. The number of hydrogen-bond donors (Lipinski definition) is 1. The Kier molecular flexibility index (Phi) is 4.49. The summed E-state index contributed by atoms with van der Waals surface area (Å²) in [6, 6.07) is 17.1. The van der Waals surface area contributed by atoms with Crippen LogP contribution in [-0.4, -0.2) is 9.55 Å². The highest BCUT2D eigenvalue weighted by molar-refractivity contribution is 5.76. The van der Waals surface area contributed by atoms with Crippen LogP contribution in [0.25, 0.3) is 11.0 Å². The first-order valence-electron chi connectivity index (χ1n) is 8.39. The molecule has 0 bridgehead atoms. The Morgan fingerprint density at radius 1 is 1.04 bits per heavy atom. The topological polar surface area (TPSA) is 43.8 Å². The minimum atomic E-state index is -0.0302. The Morgan fingerprint density at radius 3 is 2.39 bits per heavy atom. The number of nitrogens with zero attached hydrogens (tertiary/aromatic N) is 2.